The van der Waals surface area contributed by atoms with Gasteiger partial charge in [0.2, 0.25) is 0 Å². The van der Waals surface area contributed by atoms with Crippen LogP contribution in [0.1, 0.15) is 5.01 Å². The summed E-state index contributed by atoms with van der Waals surface area (Å²) in [4.78, 5) is 8.28. The molecule has 0 atom stereocenters. The van der Waals surface area contributed by atoms with E-state index in [0.717, 1.165) is 10.8 Å². The lowest BCUT2D eigenvalue weighted by Crippen LogP contribution is -2.01. The van der Waals surface area contributed by atoms with Gasteiger partial charge in [-0.1, -0.05) is 0 Å². The van der Waals surface area contributed by atoms with E-state index in [4.69, 9.17) is 5.73 Å². The molecular weight excluding hydrogens is 196 g/mol. The second kappa shape index (κ2) is 4.06. The van der Waals surface area contributed by atoms with Gasteiger partial charge in [-0.25, -0.2) is 9.97 Å². The lowest BCUT2D eigenvalue weighted by atomic mass is 10.4. The fourth-order valence-electron chi connectivity index (χ4n) is 1.05. The molecule has 0 saturated carbocycles. The maximum Gasteiger partial charge on any atom is 0.128 e. The molecule has 0 fully saturated rings. The first kappa shape index (κ1) is 8.96. The molecule has 14 heavy (non-hydrogen) atoms. The Hall–Kier alpha value is -1.62. The van der Waals surface area contributed by atoms with Gasteiger partial charge in [-0.3, -0.25) is 0 Å². The number of anilines is 2. The Balaban J connectivity index is 1.98. The van der Waals surface area contributed by atoms with E-state index in [1.54, 1.807) is 35.9 Å². The van der Waals surface area contributed by atoms with Crippen molar-refractivity contribution in [2.24, 2.45) is 0 Å². The molecule has 0 amide bonds. The van der Waals surface area contributed by atoms with Crippen LogP contribution < -0.4 is 11.1 Å². The van der Waals surface area contributed by atoms with E-state index in [1.165, 1.54) is 0 Å². The number of nitrogens with two attached hydrogens (primary N) is 1. The highest BCUT2D eigenvalue weighted by molar-refractivity contribution is 7.09. The average Bonchev–Trinajstić information content (AvgIpc) is 2.67. The quantitative estimate of drug-likeness (QED) is 0.802. The molecule has 0 saturated heterocycles. The molecule has 5 heteroatoms. The van der Waals surface area contributed by atoms with Crippen molar-refractivity contribution in [3.05, 3.63) is 34.9 Å². The highest BCUT2D eigenvalue weighted by atomic mass is 32.1. The highest BCUT2D eigenvalue weighted by Crippen LogP contribution is 2.10. The Morgan fingerprint density at radius 1 is 1.36 bits per heavy atom. The van der Waals surface area contributed by atoms with Crippen molar-refractivity contribution in [3.63, 3.8) is 0 Å². The summed E-state index contributed by atoms with van der Waals surface area (Å²) in [5.41, 5.74) is 6.32. The molecule has 2 rings (SSSR count). The molecule has 0 bridgehead atoms. The Bertz CT molecular complexity index is 399. The fraction of sp³-hybridized carbons (Fsp3) is 0.111. The monoisotopic (exact) mass is 206 g/mol. The second-order valence-corrected chi connectivity index (χ2v) is 3.73. The first-order valence-corrected chi connectivity index (χ1v) is 5.06. The summed E-state index contributed by atoms with van der Waals surface area (Å²) < 4.78 is 0. The van der Waals surface area contributed by atoms with E-state index in [2.05, 4.69) is 15.3 Å². The normalized spacial score (nSPS) is 10.0. The van der Waals surface area contributed by atoms with Gasteiger partial charge < -0.3 is 11.1 Å². The highest BCUT2D eigenvalue weighted by Gasteiger charge is 1.96. The van der Waals surface area contributed by atoms with Gasteiger partial charge in [-0.05, 0) is 6.07 Å². The van der Waals surface area contributed by atoms with Gasteiger partial charge in [0.15, 0.2) is 0 Å². The molecule has 4 nitrogen and oxygen atoms in total. The van der Waals surface area contributed by atoms with Crippen LogP contribution in [0, 0.1) is 0 Å². The number of hydrogen-bond donors (Lipinski definition) is 2. The number of hydrogen-bond acceptors (Lipinski definition) is 5. The molecule has 2 aromatic heterocycles. The van der Waals surface area contributed by atoms with E-state index in [1.807, 2.05) is 5.38 Å². The largest absolute Gasteiger partial charge is 0.399 e. The summed E-state index contributed by atoms with van der Waals surface area (Å²) in [5, 5.41) is 6.13. The van der Waals surface area contributed by atoms with Crippen LogP contribution in [0.5, 0.6) is 0 Å². The summed E-state index contributed by atoms with van der Waals surface area (Å²) in [6, 6.07) is 3.56. The smallest absolute Gasteiger partial charge is 0.128 e. The number of pyridine rings is 1. The lowest BCUT2D eigenvalue weighted by molar-refractivity contribution is 1.08. The number of aromatic nitrogens is 2. The van der Waals surface area contributed by atoms with Crippen molar-refractivity contribution < 1.29 is 0 Å². The molecule has 2 heterocycles. The number of nitrogens with one attached hydrogen (secondary N) is 1. The minimum absolute atomic E-state index is 0.689. The van der Waals surface area contributed by atoms with Crippen LogP contribution in [0.2, 0.25) is 0 Å². The molecular formula is C9H10N4S. The van der Waals surface area contributed by atoms with Gasteiger partial charge in [0.05, 0.1) is 6.54 Å². The van der Waals surface area contributed by atoms with Crippen molar-refractivity contribution >= 4 is 22.8 Å². The molecule has 0 unspecified atom stereocenters. The average molecular weight is 206 g/mol. The summed E-state index contributed by atoms with van der Waals surface area (Å²) in [6.45, 7) is 0.689. The van der Waals surface area contributed by atoms with Gasteiger partial charge in [-0.15, -0.1) is 11.3 Å². The number of thiazole rings is 1. The first-order valence-electron chi connectivity index (χ1n) is 4.18. The molecule has 0 aliphatic rings. The van der Waals surface area contributed by atoms with Crippen molar-refractivity contribution in [2.75, 3.05) is 11.1 Å². The van der Waals surface area contributed by atoms with E-state index in [0.29, 0.717) is 12.2 Å². The van der Waals surface area contributed by atoms with Crippen molar-refractivity contribution in [1.82, 2.24) is 9.97 Å². The first-order chi connectivity index (χ1) is 6.84. The number of nitrogen functional groups attached to an aromatic ring is 1. The van der Waals surface area contributed by atoms with Gasteiger partial charge in [0.25, 0.3) is 0 Å². The van der Waals surface area contributed by atoms with Crippen LogP contribution in [0.15, 0.2) is 29.9 Å². The standard InChI is InChI=1S/C9H10N4S/c10-7-1-2-11-8(5-7)13-6-9-12-3-4-14-9/h1-5H,6H2,(H3,10,11,13). The Kier molecular flexibility index (Phi) is 2.60. The van der Waals surface area contributed by atoms with Crippen LogP contribution >= 0.6 is 11.3 Å². The van der Waals surface area contributed by atoms with Crippen molar-refractivity contribution in [2.45, 2.75) is 6.54 Å². The second-order valence-electron chi connectivity index (χ2n) is 2.75. The van der Waals surface area contributed by atoms with Gasteiger partial charge in [0, 0.05) is 29.5 Å². The van der Waals surface area contributed by atoms with Gasteiger partial charge in [0.1, 0.15) is 10.8 Å². The van der Waals surface area contributed by atoms with Crippen LogP contribution in [0.3, 0.4) is 0 Å². The van der Waals surface area contributed by atoms with Crippen LogP contribution in [-0.4, -0.2) is 9.97 Å². The zero-order valence-electron chi connectivity index (χ0n) is 7.47. The molecule has 3 N–H and O–H groups in total. The van der Waals surface area contributed by atoms with Crippen LogP contribution in [0.4, 0.5) is 11.5 Å². The van der Waals surface area contributed by atoms with Crippen LogP contribution in [-0.2, 0) is 6.54 Å². The summed E-state index contributed by atoms with van der Waals surface area (Å²) in [6.07, 6.45) is 3.47. The Morgan fingerprint density at radius 2 is 2.29 bits per heavy atom. The molecule has 2 aromatic rings. The van der Waals surface area contributed by atoms with Gasteiger partial charge >= 0.3 is 0 Å². The molecule has 0 radical (unpaired) electrons. The molecule has 0 aliphatic heterocycles. The SMILES string of the molecule is Nc1ccnc(NCc2nccs2)c1. The Labute approximate surface area is 85.8 Å². The Morgan fingerprint density at radius 3 is 3.00 bits per heavy atom. The minimum Gasteiger partial charge on any atom is -0.399 e. The predicted octanol–water partition coefficient (Wildman–Crippen LogP) is 1.73. The third kappa shape index (κ3) is 2.20. The predicted molar refractivity (Wildman–Crippen MR) is 58.1 cm³/mol. The third-order valence-corrected chi connectivity index (χ3v) is 2.47. The summed E-state index contributed by atoms with van der Waals surface area (Å²) in [7, 11) is 0. The maximum atomic E-state index is 5.61. The fourth-order valence-corrected chi connectivity index (χ4v) is 1.61. The zero-order chi connectivity index (χ0) is 9.80. The lowest BCUT2D eigenvalue weighted by Gasteiger charge is -2.02. The summed E-state index contributed by atoms with van der Waals surface area (Å²) in [5.74, 6) is 0.778. The molecule has 0 aromatic carbocycles. The number of nitrogens with zero attached hydrogens (tertiary/aromatic N) is 2. The topological polar surface area (TPSA) is 63.8 Å². The van der Waals surface area contributed by atoms with E-state index in [9.17, 15) is 0 Å². The van der Waals surface area contributed by atoms with Crippen LogP contribution in [0.25, 0.3) is 0 Å². The van der Waals surface area contributed by atoms with E-state index < -0.39 is 0 Å². The zero-order valence-corrected chi connectivity index (χ0v) is 8.29. The van der Waals surface area contributed by atoms with Crippen molar-refractivity contribution in [3.8, 4) is 0 Å². The van der Waals surface area contributed by atoms with E-state index >= 15 is 0 Å². The number of rotatable bonds is 3. The molecule has 72 valence electrons. The van der Waals surface area contributed by atoms with E-state index in [-0.39, 0.29) is 0 Å². The molecule has 0 spiro atoms. The van der Waals surface area contributed by atoms with Gasteiger partial charge in [-0.2, -0.15) is 0 Å². The molecule has 0 aliphatic carbocycles. The third-order valence-electron chi connectivity index (χ3n) is 1.69. The minimum atomic E-state index is 0.689. The maximum absolute atomic E-state index is 5.61. The van der Waals surface area contributed by atoms with Crippen molar-refractivity contribution in [1.29, 1.82) is 0 Å². The summed E-state index contributed by atoms with van der Waals surface area (Å²) >= 11 is 1.61.